The molecule has 122 heavy (non-hydrogen) atoms. The summed E-state index contributed by atoms with van der Waals surface area (Å²) < 4.78 is 25.7. The van der Waals surface area contributed by atoms with Crippen molar-refractivity contribution in [3.63, 3.8) is 0 Å². The molecule has 0 spiro atoms. The van der Waals surface area contributed by atoms with Crippen molar-refractivity contribution in [1.82, 2.24) is 29.9 Å². The molecule has 20 aromatic rings. The molecule has 1 fully saturated rings. The summed E-state index contributed by atoms with van der Waals surface area (Å²) in [5, 5.41) is 4.70. The molecule has 10 nitrogen and oxygen atoms in total. The van der Waals surface area contributed by atoms with Gasteiger partial charge in [0.05, 0.1) is 22.0 Å². The number of benzene rings is 16. The molecular formula is C110H78BClN6O4. The van der Waals surface area contributed by atoms with Crippen molar-refractivity contribution in [3.05, 3.63) is 450 Å². The zero-order valence-electron chi connectivity index (χ0n) is 67.4. The van der Waals surface area contributed by atoms with E-state index in [2.05, 4.69) is 322 Å². The molecule has 0 amide bonds. The first kappa shape index (κ1) is 74.9. The molecule has 16 aromatic carbocycles. The number of hydrogen-bond donors (Lipinski definition) is 0. The highest BCUT2D eigenvalue weighted by Crippen LogP contribution is 2.59. The smallest absolute Gasteiger partial charge is 0.456 e. The molecule has 0 radical (unpaired) electrons. The molecule has 582 valence electrons. The zero-order valence-corrected chi connectivity index (χ0v) is 68.1. The van der Waals surface area contributed by atoms with Crippen LogP contribution in [0.2, 0.25) is 5.28 Å². The van der Waals surface area contributed by atoms with Gasteiger partial charge >= 0.3 is 7.12 Å². The van der Waals surface area contributed by atoms with Crippen molar-refractivity contribution in [2.45, 2.75) is 49.7 Å². The topological polar surface area (TPSA) is 122 Å². The maximum Gasteiger partial charge on any atom is 0.494 e. The number of hydrogen-bond acceptors (Lipinski definition) is 10. The molecule has 0 saturated carbocycles. The van der Waals surface area contributed by atoms with E-state index in [1.165, 1.54) is 66.8 Å². The second-order valence-electron chi connectivity index (χ2n) is 32.3. The van der Waals surface area contributed by atoms with E-state index in [1.807, 2.05) is 121 Å². The summed E-state index contributed by atoms with van der Waals surface area (Å²) in [6.45, 7) is 8.38. The molecule has 2 aliphatic carbocycles. The Morgan fingerprint density at radius 3 is 0.844 bits per heavy atom. The molecule has 0 atom stereocenters. The molecule has 12 heteroatoms. The lowest BCUT2D eigenvalue weighted by atomic mass is 9.66. The quantitative estimate of drug-likeness (QED) is 0.109. The summed E-state index contributed by atoms with van der Waals surface area (Å²) in [6, 6.07) is 140. The lowest BCUT2D eigenvalue weighted by Gasteiger charge is -2.34. The van der Waals surface area contributed by atoms with Crippen molar-refractivity contribution < 1.29 is 18.1 Å². The second kappa shape index (κ2) is 30.7. The average Bonchev–Trinajstić information content (AvgIpc) is 1.54. The standard InChI is InChI=1S/C52H33N3O.C37H31BO3.C21H14ClN3/c1-3-13-34(14-4-1)35-23-25-37(26-24-35)50-53-49(36-15-5-2-6-16-36)54-51(55-50)38-27-29-39(30-28-38)52(45-20-10-7-17-41(45)42-18-8-11-21-46(42)52)40-31-32-44-43-19-9-12-22-47(43)56-48(44)33-40;1-35(2)36(3,4)41-38(40-35)26-20-17-24(18-21-26)37(31-14-8-5-11-27(31)28-12-6-9-15-32(28)37)25-19-22-30-29-13-7-10-16-33(29)39-34(30)23-25;22-21-24-19(17-9-5-2-6-10-17)23-20(25-21)18-13-11-16(12-14-18)15-7-3-1-4-8-15/h1-33H;5-23H,1-4H3;1-14H. The van der Waals surface area contributed by atoms with E-state index in [-0.39, 0.29) is 16.5 Å². The summed E-state index contributed by atoms with van der Waals surface area (Å²) in [6.07, 6.45) is 0. The van der Waals surface area contributed by atoms with E-state index in [1.54, 1.807) is 0 Å². The minimum atomic E-state index is -0.584. The van der Waals surface area contributed by atoms with Crippen LogP contribution >= 0.6 is 11.6 Å². The van der Waals surface area contributed by atoms with E-state index in [9.17, 15) is 0 Å². The predicted molar refractivity (Wildman–Crippen MR) is 494 cm³/mol. The van der Waals surface area contributed by atoms with Crippen molar-refractivity contribution in [2.75, 3.05) is 0 Å². The molecule has 5 heterocycles. The molecule has 1 saturated heterocycles. The molecule has 23 rings (SSSR count). The summed E-state index contributed by atoms with van der Waals surface area (Å²) in [7, 11) is -0.403. The summed E-state index contributed by atoms with van der Waals surface area (Å²) in [5.41, 5.74) is 26.7. The number of halogens is 1. The fraction of sp³-hybridized carbons (Fsp3) is 0.0727. The normalized spacial score (nSPS) is 14.1. The van der Waals surface area contributed by atoms with Crippen LogP contribution in [0.1, 0.15) is 72.2 Å². The highest BCUT2D eigenvalue weighted by Gasteiger charge is 2.53. The van der Waals surface area contributed by atoms with Gasteiger partial charge in [0, 0.05) is 49.4 Å². The number of furan rings is 2. The van der Waals surface area contributed by atoms with Gasteiger partial charge in [0.15, 0.2) is 29.1 Å². The number of fused-ring (bicyclic) bond motifs is 12. The highest BCUT2D eigenvalue weighted by molar-refractivity contribution is 6.62. The average molecular weight is 1590 g/mol. The molecule has 3 aliphatic rings. The van der Waals surface area contributed by atoms with E-state index >= 15 is 0 Å². The summed E-state index contributed by atoms with van der Waals surface area (Å²) >= 11 is 6.11. The first-order chi connectivity index (χ1) is 59.8. The van der Waals surface area contributed by atoms with Crippen LogP contribution in [0.5, 0.6) is 0 Å². The molecule has 0 bridgehead atoms. The minimum Gasteiger partial charge on any atom is -0.456 e. The zero-order chi connectivity index (χ0) is 82.1. The Kier molecular flexibility index (Phi) is 18.8. The Bertz CT molecular complexity index is 7220. The van der Waals surface area contributed by atoms with Crippen LogP contribution in [-0.2, 0) is 20.1 Å². The fourth-order valence-electron chi connectivity index (χ4n) is 18.1. The Labute approximate surface area is 712 Å². The molecule has 0 unspecified atom stereocenters. The van der Waals surface area contributed by atoms with Gasteiger partial charge in [0.2, 0.25) is 5.28 Å². The van der Waals surface area contributed by atoms with Gasteiger partial charge in [0.1, 0.15) is 22.3 Å². The van der Waals surface area contributed by atoms with Crippen molar-refractivity contribution in [1.29, 1.82) is 0 Å². The lowest BCUT2D eigenvalue weighted by molar-refractivity contribution is 0.00578. The van der Waals surface area contributed by atoms with E-state index in [0.717, 1.165) is 99.4 Å². The van der Waals surface area contributed by atoms with Gasteiger partial charge in [-0.2, -0.15) is 9.97 Å². The Balaban J connectivity index is 0.000000121. The lowest BCUT2D eigenvalue weighted by Crippen LogP contribution is -2.41. The van der Waals surface area contributed by atoms with Gasteiger partial charge in [-0.25, -0.2) is 19.9 Å². The van der Waals surface area contributed by atoms with Gasteiger partial charge in [-0.05, 0) is 158 Å². The van der Waals surface area contributed by atoms with Crippen molar-refractivity contribution >= 4 is 68.1 Å². The third-order valence-electron chi connectivity index (χ3n) is 24.8. The fourth-order valence-corrected chi connectivity index (χ4v) is 18.3. The molecule has 0 N–H and O–H groups in total. The van der Waals surface area contributed by atoms with E-state index in [0.29, 0.717) is 29.1 Å². The summed E-state index contributed by atoms with van der Waals surface area (Å²) in [5.74, 6) is 3.03. The first-order valence-corrected chi connectivity index (χ1v) is 41.6. The number of para-hydroxylation sites is 2. The Hall–Kier alpha value is -14.6. The van der Waals surface area contributed by atoms with Crippen LogP contribution in [0.25, 0.3) is 145 Å². The molecule has 4 aromatic heterocycles. The van der Waals surface area contributed by atoms with Crippen LogP contribution in [0.4, 0.5) is 0 Å². The highest BCUT2D eigenvalue weighted by atomic mass is 35.5. The van der Waals surface area contributed by atoms with Gasteiger partial charge < -0.3 is 18.1 Å². The largest absolute Gasteiger partial charge is 0.494 e. The number of nitrogens with zero attached hydrogens (tertiary/aromatic N) is 6. The second-order valence-corrected chi connectivity index (χ2v) is 32.6. The van der Waals surface area contributed by atoms with E-state index in [4.69, 9.17) is 44.7 Å². The third-order valence-corrected chi connectivity index (χ3v) is 25.0. The van der Waals surface area contributed by atoms with Crippen LogP contribution < -0.4 is 5.46 Å². The monoisotopic (exact) mass is 1590 g/mol. The van der Waals surface area contributed by atoms with Gasteiger partial charge in [-0.3, -0.25) is 0 Å². The number of aromatic nitrogens is 6. The van der Waals surface area contributed by atoms with Crippen LogP contribution in [0.3, 0.4) is 0 Å². The Morgan fingerprint density at radius 2 is 0.484 bits per heavy atom. The van der Waals surface area contributed by atoms with Crippen molar-refractivity contribution in [2.24, 2.45) is 0 Å². The van der Waals surface area contributed by atoms with Gasteiger partial charge in [-0.1, -0.05) is 376 Å². The maximum atomic E-state index is 6.49. The molecule has 1 aliphatic heterocycles. The van der Waals surface area contributed by atoms with Crippen LogP contribution in [-0.4, -0.2) is 48.2 Å². The summed E-state index contributed by atoms with van der Waals surface area (Å²) in [4.78, 5) is 28.2. The first-order valence-electron chi connectivity index (χ1n) is 41.2. The number of rotatable bonds is 12. The Morgan fingerprint density at radius 1 is 0.230 bits per heavy atom. The molecular weight excluding hydrogens is 1520 g/mol. The van der Waals surface area contributed by atoms with Gasteiger partial charge in [-0.15, -0.1) is 0 Å². The maximum absolute atomic E-state index is 6.49. The predicted octanol–water partition coefficient (Wildman–Crippen LogP) is 26.6. The third kappa shape index (κ3) is 13.1. The van der Waals surface area contributed by atoms with Crippen LogP contribution in [0.15, 0.2) is 409 Å². The van der Waals surface area contributed by atoms with Crippen molar-refractivity contribution in [3.8, 4) is 101 Å². The van der Waals surface area contributed by atoms with E-state index < -0.39 is 17.9 Å². The SMILES string of the molecule is CC1(C)OB(c2ccc(C3(c4ccc5c(c4)oc4ccccc45)c4ccccc4-c4ccccc43)cc2)OC1(C)C.Clc1nc(-c2ccccc2)nc(-c2ccc(-c3ccccc3)cc2)n1.c1ccc(-c2ccc(-c3nc(-c4ccccc4)nc(-c4ccc(C5(c6ccc7c(c6)oc6ccccc67)c6ccccc6-c6ccccc65)cc4)n3)cc2)cc1. The van der Waals surface area contributed by atoms with Crippen LogP contribution in [0, 0.1) is 0 Å². The minimum absolute atomic E-state index is 0.191. The van der Waals surface area contributed by atoms with Gasteiger partial charge in [0.25, 0.3) is 0 Å².